The number of nitrogens with zero attached hydrogens (tertiary/aromatic N) is 2. The van der Waals surface area contributed by atoms with E-state index in [0.717, 1.165) is 61.5 Å². The van der Waals surface area contributed by atoms with Crippen LogP contribution in [0.5, 0.6) is 0 Å². The number of rotatable bonds is 4. The lowest BCUT2D eigenvalue weighted by molar-refractivity contribution is -0.150. The van der Waals surface area contributed by atoms with Gasteiger partial charge in [0, 0.05) is 47.7 Å². The van der Waals surface area contributed by atoms with Crippen molar-refractivity contribution in [2.45, 2.75) is 58.0 Å². The van der Waals surface area contributed by atoms with Crippen LogP contribution in [-0.2, 0) is 16.1 Å². The molecule has 0 bridgehead atoms. The van der Waals surface area contributed by atoms with Crippen LogP contribution in [-0.4, -0.2) is 46.2 Å². The van der Waals surface area contributed by atoms with Crippen LogP contribution in [0.25, 0.3) is 10.9 Å². The fourth-order valence-corrected chi connectivity index (χ4v) is 5.51. The Morgan fingerprint density at radius 3 is 2.70 bits per heavy atom. The van der Waals surface area contributed by atoms with Crippen molar-refractivity contribution in [1.29, 1.82) is 0 Å². The third kappa shape index (κ3) is 3.04. The van der Waals surface area contributed by atoms with E-state index >= 15 is 0 Å². The molecule has 1 saturated carbocycles. The van der Waals surface area contributed by atoms with E-state index in [2.05, 4.69) is 5.32 Å². The van der Waals surface area contributed by atoms with Gasteiger partial charge < -0.3 is 14.8 Å². The summed E-state index contributed by atoms with van der Waals surface area (Å²) in [5, 5.41) is 3.95. The summed E-state index contributed by atoms with van der Waals surface area (Å²) < 4.78 is 1.92. The van der Waals surface area contributed by atoms with Gasteiger partial charge in [0.05, 0.1) is 5.41 Å². The van der Waals surface area contributed by atoms with Crippen molar-refractivity contribution in [2.24, 2.45) is 11.3 Å². The number of piperidine rings is 2. The summed E-state index contributed by atoms with van der Waals surface area (Å²) in [6, 6.07) is 7.71. The molecule has 1 aliphatic carbocycles. The van der Waals surface area contributed by atoms with E-state index in [1.54, 1.807) is 0 Å². The summed E-state index contributed by atoms with van der Waals surface area (Å²) in [6.07, 6.45) is 7.29. The summed E-state index contributed by atoms with van der Waals surface area (Å²) in [7, 11) is 0. The number of para-hydroxylation sites is 1. The molecule has 3 heterocycles. The molecule has 0 radical (unpaired) electrons. The van der Waals surface area contributed by atoms with Gasteiger partial charge in [0.25, 0.3) is 0 Å². The Labute approximate surface area is 176 Å². The molecule has 2 atom stereocenters. The fraction of sp³-hybridized carbons (Fsp3) is 0.542. The van der Waals surface area contributed by atoms with E-state index in [1.807, 2.05) is 46.9 Å². The summed E-state index contributed by atoms with van der Waals surface area (Å²) in [6.45, 7) is 3.63. The maximum atomic E-state index is 13.4. The van der Waals surface area contributed by atoms with Crippen LogP contribution in [0.15, 0.2) is 30.5 Å². The highest BCUT2D eigenvalue weighted by atomic mass is 16.2. The van der Waals surface area contributed by atoms with E-state index in [0.29, 0.717) is 6.54 Å². The molecule has 1 spiro atoms. The molecule has 1 aromatic carbocycles. The summed E-state index contributed by atoms with van der Waals surface area (Å²) in [5.41, 5.74) is 1.19. The van der Waals surface area contributed by atoms with E-state index in [4.69, 9.17) is 0 Å². The van der Waals surface area contributed by atoms with Gasteiger partial charge >= 0.3 is 0 Å². The second-order valence-corrected chi connectivity index (χ2v) is 9.21. The van der Waals surface area contributed by atoms with Gasteiger partial charge in [-0.2, -0.15) is 0 Å². The lowest BCUT2D eigenvalue weighted by Crippen LogP contribution is -2.61. The predicted octanol–water partition coefficient (Wildman–Crippen LogP) is 3.14. The first-order valence-electron chi connectivity index (χ1n) is 11.2. The molecule has 1 N–H and O–H groups in total. The zero-order chi connectivity index (χ0) is 20.9. The van der Waals surface area contributed by atoms with Crippen LogP contribution in [0.4, 0.5) is 0 Å². The van der Waals surface area contributed by atoms with Gasteiger partial charge in [-0.1, -0.05) is 18.2 Å². The minimum Gasteiger partial charge on any atom is -0.356 e. The molecule has 2 aromatic rings. The van der Waals surface area contributed by atoms with E-state index in [-0.39, 0.29) is 36.1 Å². The second-order valence-electron chi connectivity index (χ2n) is 9.21. The lowest BCUT2D eigenvalue weighted by atomic mass is 9.68. The van der Waals surface area contributed by atoms with Gasteiger partial charge in [-0.3, -0.25) is 14.4 Å². The van der Waals surface area contributed by atoms with Crippen LogP contribution in [0.2, 0.25) is 0 Å². The highest BCUT2D eigenvalue weighted by molar-refractivity contribution is 6.10. The fourth-order valence-electron chi connectivity index (χ4n) is 5.51. The van der Waals surface area contributed by atoms with Crippen LogP contribution < -0.4 is 5.32 Å². The average Bonchev–Trinajstić information content (AvgIpc) is 3.54. The SMILES string of the molecule is C[C@H]1N(C(=O)Cn2cc(C(=O)C3CC3)c3ccccc32)CCC[C@@]12CCCNC2=O. The zero-order valence-electron chi connectivity index (χ0n) is 17.5. The molecule has 2 aliphatic heterocycles. The lowest BCUT2D eigenvalue weighted by Gasteiger charge is -2.49. The monoisotopic (exact) mass is 407 g/mol. The topological polar surface area (TPSA) is 71.4 Å². The van der Waals surface area contributed by atoms with Gasteiger partial charge in [-0.25, -0.2) is 0 Å². The number of hydrogen-bond donors (Lipinski definition) is 1. The Balaban J connectivity index is 1.42. The maximum absolute atomic E-state index is 13.4. The van der Waals surface area contributed by atoms with Gasteiger partial charge in [0.15, 0.2) is 5.78 Å². The van der Waals surface area contributed by atoms with Crippen molar-refractivity contribution >= 4 is 28.5 Å². The first kappa shape index (κ1) is 19.3. The number of hydrogen-bond acceptors (Lipinski definition) is 3. The summed E-state index contributed by atoms with van der Waals surface area (Å²) in [4.78, 5) is 40.8. The molecule has 158 valence electrons. The highest BCUT2D eigenvalue weighted by Gasteiger charge is 2.50. The first-order chi connectivity index (χ1) is 14.5. The van der Waals surface area contributed by atoms with Crippen molar-refractivity contribution in [2.75, 3.05) is 13.1 Å². The van der Waals surface area contributed by atoms with Gasteiger partial charge in [0.2, 0.25) is 11.8 Å². The summed E-state index contributed by atoms with van der Waals surface area (Å²) in [5.74, 6) is 0.460. The highest BCUT2D eigenvalue weighted by Crippen LogP contribution is 2.42. The number of likely N-dealkylation sites (tertiary alicyclic amines) is 1. The number of carbonyl (C=O) groups is 3. The molecule has 5 rings (SSSR count). The van der Waals surface area contributed by atoms with E-state index in [1.165, 1.54) is 0 Å². The molecule has 3 aliphatic rings. The number of nitrogens with one attached hydrogen (secondary N) is 1. The van der Waals surface area contributed by atoms with Gasteiger partial charge in [-0.15, -0.1) is 0 Å². The number of ketones is 1. The molecule has 30 heavy (non-hydrogen) atoms. The van der Waals surface area contributed by atoms with Gasteiger partial charge in [-0.05, 0) is 51.5 Å². The zero-order valence-corrected chi connectivity index (χ0v) is 17.5. The minimum absolute atomic E-state index is 0.0196. The maximum Gasteiger partial charge on any atom is 0.242 e. The van der Waals surface area contributed by atoms with Crippen molar-refractivity contribution in [3.05, 3.63) is 36.0 Å². The normalized spacial score (nSPS) is 26.8. The number of aromatic nitrogens is 1. The molecule has 3 fully saturated rings. The number of benzene rings is 1. The Kier molecular flexibility index (Phi) is 4.68. The molecule has 6 heteroatoms. The van der Waals surface area contributed by atoms with Crippen LogP contribution >= 0.6 is 0 Å². The average molecular weight is 408 g/mol. The first-order valence-corrected chi connectivity index (χ1v) is 11.2. The molecule has 2 saturated heterocycles. The predicted molar refractivity (Wildman–Crippen MR) is 114 cm³/mol. The number of amides is 2. The number of carbonyl (C=O) groups excluding carboxylic acids is 3. The third-order valence-electron chi connectivity index (χ3n) is 7.45. The van der Waals surface area contributed by atoms with Crippen molar-refractivity contribution in [1.82, 2.24) is 14.8 Å². The van der Waals surface area contributed by atoms with E-state index in [9.17, 15) is 14.4 Å². The number of Topliss-reactive ketones (excluding diaryl/α,β-unsaturated/α-hetero) is 1. The second kappa shape index (κ2) is 7.25. The minimum atomic E-state index is -0.460. The van der Waals surface area contributed by atoms with Crippen LogP contribution in [0.1, 0.15) is 55.8 Å². The molecule has 0 unspecified atom stereocenters. The number of fused-ring (bicyclic) bond motifs is 1. The third-order valence-corrected chi connectivity index (χ3v) is 7.45. The molecule has 1 aromatic heterocycles. The van der Waals surface area contributed by atoms with E-state index < -0.39 is 5.41 Å². The Bertz CT molecular complexity index is 1020. The molecule has 6 nitrogen and oxygen atoms in total. The Hall–Kier alpha value is -2.63. The molecular weight excluding hydrogens is 378 g/mol. The molecule has 2 amide bonds. The Morgan fingerprint density at radius 1 is 1.17 bits per heavy atom. The van der Waals surface area contributed by atoms with Crippen molar-refractivity contribution < 1.29 is 14.4 Å². The largest absolute Gasteiger partial charge is 0.356 e. The molecular formula is C24H29N3O3. The quantitative estimate of drug-likeness (QED) is 0.792. The standard InChI is InChI=1S/C24H29N3O3/c1-16-24(10-4-12-25-23(24)30)11-5-13-27(16)21(28)15-26-14-19(22(29)17-8-9-17)18-6-2-3-7-20(18)26/h2-3,6-7,14,16-17H,4-5,8-13,15H2,1H3,(H,25,30)/t16-,24+/m1/s1. The van der Waals surface area contributed by atoms with Gasteiger partial charge in [0.1, 0.15) is 6.54 Å². The Morgan fingerprint density at radius 2 is 1.93 bits per heavy atom. The smallest absolute Gasteiger partial charge is 0.242 e. The van der Waals surface area contributed by atoms with Crippen LogP contribution in [0.3, 0.4) is 0 Å². The van der Waals surface area contributed by atoms with Crippen molar-refractivity contribution in [3.8, 4) is 0 Å². The summed E-state index contributed by atoms with van der Waals surface area (Å²) >= 11 is 0. The van der Waals surface area contributed by atoms with Crippen molar-refractivity contribution in [3.63, 3.8) is 0 Å². The van der Waals surface area contributed by atoms with Crippen LogP contribution in [0, 0.1) is 11.3 Å².